The summed E-state index contributed by atoms with van der Waals surface area (Å²) in [6.45, 7) is 8.62. The summed E-state index contributed by atoms with van der Waals surface area (Å²) in [4.78, 5) is 22.6. The van der Waals surface area contributed by atoms with Gasteiger partial charge in [0.25, 0.3) is 0 Å². The third-order valence-corrected chi connectivity index (χ3v) is 9.36. The van der Waals surface area contributed by atoms with Crippen LogP contribution in [0.3, 0.4) is 0 Å². The number of aliphatic hydroxyl groups excluding tert-OH is 2. The molecule has 0 aliphatic carbocycles. The third kappa shape index (κ3) is 30.5. The Morgan fingerprint density at radius 1 is 0.667 bits per heavy atom. The number of rotatable bonds is 33. The third-order valence-electron chi connectivity index (χ3n) is 8.37. The van der Waals surface area contributed by atoms with Gasteiger partial charge in [0.2, 0.25) is 5.91 Å². The fourth-order valence-electron chi connectivity index (χ4n) is 5.55. The molecule has 0 rings (SSSR count). The zero-order valence-corrected chi connectivity index (χ0v) is 30.5. The summed E-state index contributed by atoms with van der Waals surface area (Å²) in [6, 6.07) is -0.891. The Hall–Kier alpha value is -0.540. The minimum Gasteiger partial charge on any atom is -0.393 e. The van der Waals surface area contributed by atoms with Crippen LogP contribution in [-0.4, -0.2) is 59.0 Å². The molecule has 9 nitrogen and oxygen atoms in total. The Morgan fingerprint density at radius 3 is 1.49 bits per heavy atom. The largest absolute Gasteiger partial charge is 0.472 e. The van der Waals surface area contributed by atoms with Gasteiger partial charge in [-0.05, 0) is 24.7 Å². The first-order chi connectivity index (χ1) is 21.5. The Morgan fingerprint density at radius 2 is 1.07 bits per heavy atom. The molecular formula is C35H73N2O7P. The number of aliphatic hydroxyl groups is 2. The highest BCUT2D eigenvalue weighted by Crippen LogP contribution is 2.43. The predicted molar refractivity (Wildman–Crippen MR) is 186 cm³/mol. The molecule has 0 spiro atoms. The Balaban J connectivity index is 4.39. The maximum Gasteiger partial charge on any atom is 0.472 e. The van der Waals surface area contributed by atoms with Crippen molar-refractivity contribution in [3.63, 3.8) is 0 Å². The zero-order valence-electron chi connectivity index (χ0n) is 29.6. The van der Waals surface area contributed by atoms with Crippen LogP contribution in [0.25, 0.3) is 0 Å². The van der Waals surface area contributed by atoms with Gasteiger partial charge in [-0.15, -0.1) is 0 Å². The normalized spacial score (nSPS) is 15.3. The summed E-state index contributed by atoms with van der Waals surface area (Å²) in [7, 11) is -4.36. The molecular weight excluding hydrogens is 591 g/mol. The summed E-state index contributed by atoms with van der Waals surface area (Å²) in [5.41, 5.74) is 5.34. The maximum absolute atomic E-state index is 12.7. The van der Waals surface area contributed by atoms with Gasteiger partial charge in [-0.2, -0.15) is 0 Å². The molecule has 0 heterocycles. The van der Waals surface area contributed by atoms with Gasteiger partial charge < -0.3 is 26.2 Å². The first kappa shape index (κ1) is 44.5. The van der Waals surface area contributed by atoms with Crippen LogP contribution in [0.5, 0.6) is 0 Å². The second kappa shape index (κ2) is 29.6. The molecule has 0 aromatic rings. The molecule has 1 amide bonds. The molecule has 4 atom stereocenters. The molecule has 0 saturated heterocycles. The van der Waals surface area contributed by atoms with Crippen molar-refractivity contribution in [3.05, 3.63) is 0 Å². The number of nitrogens with two attached hydrogens (primary N) is 1. The first-order valence-corrected chi connectivity index (χ1v) is 19.9. The molecule has 4 unspecified atom stereocenters. The van der Waals surface area contributed by atoms with E-state index in [4.69, 9.17) is 14.8 Å². The van der Waals surface area contributed by atoms with Crippen molar-refractivity contribution in [2.45, 2.75) is 187 Å². The summed E-state index contributed by atoms with van der Waals surface area (Å²) in [6.07, 6.45) is 21.7. The maximum atomic E-state index is 12.7. The van der Waals surface area contributed by atoms with Crippen LogP contribution in [-0.2, 0) is 18.4 Å². The van der Waals surface area contributed by atoms with Crippen molar-refractivity contribution in [2.75, 3.05) is 19.8 Å². The molecule has 0 aliphatic heterocycles. The van der Waals surface area contributed by atoms with Gasteiger partial charge in [0.05, 0.1) is 37.9 Å². The second-order valence-corrected chi connectivity index (χ2v) is 15.4. The van der Waals surface area contributed by atoms with Gasteiger partial charge in [0.15, 0.2) is 0 Å². The zero-order chi connectivity index (χ0) is 33.8. The van der Waals surface area contributed by atoms with E-state index in [1.54, 1.807) is 0 Å². The summed E-state index contributed by atoms with van der Waals surface area (Å²) >= 11 is 0. The molecule has 45 heavy (non-hydrogen) atoms. The number of carbonyl (C=O) groups is 1. The quantitative estimate of drug-likeness (QED) is 0.0348. The minimum atomic E-state index is -4.36. The molecule has 0 saturated carbocycles. The van der Waals surface area contributed by atoms with Crippen LogP contribution in [0.15, 0.2) is 0 Å². The molecule has 0 aromatic carbocycles. The van der Waals surface area contributed by atoms with E-state index in [1.807, 2.05) is 0 Å². The van der Waals surface area contributed by atoms with Crippen molar-refractivity contribution >= 4 is 13.7 Å². The van der Waals surface area contributed by atoms with Crippen LogP contribution in [0, 0.1) is 11.8 Å². The molecule has 0 radical (unpaired) electrons. The molecule has 0 aliphatic rings. The van der Waals surface area contributed by atoms with Crippen LogP contribution in [0.2, 0.25) is 0 Å². The Labute approximate surface area is 276 Å². The van der Waals surface area contributed by atoms with Crippen LogP contribution < -0.4 is 11.1 Å². The lowest BCUT2D eigenvalue weighted by Gasteiger charge is -2.25. The number of amides is 1. The van der Waals surface area contributed by atoms with Crippen molar-refractivity contribution in [1.29, 1.82) is 0 Å². The van der Waals surface area contributed by atoms with Gasteiger partial charge in [0, 0.05) is 6.54 Å². The van der Waals surface area contributed by atoms with Gasteiger partial charge in [0.1, 0.15) is 0 Å². The van der Waals surface area contributed by atoms with Crippen molar-refractivity contribution in [1.82, 2.24) is 5.32 Å². The van der Waals surface area contributed by atoms with E-state index >= 15 is 0 Å². The fraction of sp³-hybridized carbons (Fsp3) is 0.971. The summed E-state index contributed by atoms with van der Waals surface area (Å²) < 4.78 is 22.0. The average molecular weight is 665 g/mol. The number of carbonyl (C=O) groups excluding carboxylic acids is 1. The van der Waals surface area contributed by atoms with E-state index in [0.29, 0.717) is 12.8 Å². The van der Waals surface area contributed by atoms with Crippen molar-refractivity contribution in [3.8, 4) is 0 Å². The van der Waals surface area contributed by atoms with E-state index in [0.717, 1.165) is 50.4 Å². The van der Waals surface area contributed by atoms with Gasteiger partial charge >= 0.3 is 7.82 Å². The van der Waals surface area contributed by atoms with Gasteiger partial charge in [-0.1, -0.05) is 150 Å². The SMILES string of the molecule is CC(C)CCCCCCCCCCCC(O)CC(=O)NC(COP(=O)(O)OCCN)C(O)CCCCCCCCCCC(C)C. The van der Waals surface area contributed by atoms with Crippen LogP contribution in [0.4, 0.5) is 0 Å². The van der Waals surface area contributed by atoms with Gasteiger partial charge in [-0.3, -0.25) is 13.8 Å². The topological polar surface area (TPSA) is 151 Å². The second-order valence-electron chi connectivity index (χ2n) is 13.9. The predicted octanol–water partition coefficient (Wildman–Crippen LogP) is 8.18. The standard InChI is InChI=1S/C35H73N2O7P/c1-30(2)22-18-14-10-6-5-7-12-16-20-24-32(38)28-35(40)37-33(29-44-45(41,42)43-27-26-36)34(39)25-21-17-13-9-8-11-15-19-23-31(3)4/h30-34,38-39H,5-29,36H2,1-4H3,(H,37,40)(H,41,42). The lowest BCUT2D eigenvalue weighted by molar-refractivity contribution is -0.125. The van der Waals surface area contributed by atoms with Crippen LogP contribution in [0.1, 0.15) is 169 Å². The number of hydrogen-bond acceptors (Lipinski definition) is 7. The monoisotopic (exact) mass is 665 g/mol. The molecule has 0 fully saturated rings. The van der Waals surface area contributed by atoms with Crippen LogP contribution >= 0.6 is 7.82 Å². The molecule has 0 aromatic heterocycles. The summed E-state index contributed by atoms with van der Waals surface area (Å²) in [5.74, 6) is 1.15. The van der Waals surface area contributed by atoms with E-state index in [2.05, 4.69) is 33.0 Å². The van der Waals surface area contributed by atoms with Gasteiger partial charge in [-0.25, -0.2) is 4.57 Å². The van der Waals surface area contributed by atoms with E-state index in [-0.39, 0.29) is 26.2 Å². The molecule has 270 valence electrons. The fourth-order valence-corrected chi connectivity index (χ4v) is 6.31. The lowest BCUT2D eigenvalue weighted by atomic mass is 10.0. The number of phosphoric acid groups is 1. The highest BCUT2D eigenvalue weighted by atomic mass is 31.2. The number of unbranched alkanes of at least 4 members (excludes halogenated alkanes) is 15. The number of nitrogens with one attached hydrogen (secondary N) is 1. The highest BCUT2D eigenvalue weighted by molar-refractivity contribution is 7.47. The van der Waals surface area contributed by atoms with E-state index in [9.17, 15) is 24.5 Å². The average Bonchev–Trinajstić information content (AvgIpc) is 2.97. The number of phosphoric ester groups is 1. The van der Waals surface area contributed by atoms with Crippen molar-refractivity contribution < 1.29 is 33.5 Å². The molecule has 6 N–H and O–H groups in total. The molecule has 0 bridgehead atoms. The van der Waals surface area contributed by atoms with Crippen molar-refractivity contribution in [2.24, 2.45) is 17.6 Å². The highest BCUT2D eigenvalue weighted by Gasteiger charge is 2.28. The molecule has 10 heteroatoms. The first-order valence-electron chi connectivity index (χ1n) is 18.4. The Kier molecular flexibility index (Phi) is 29.2. The van der Waals surface area contributed by atoms with E-state index in [1.165, 1.54) is 83.5 Å². The lowest BCUT2D eigenvalue weighted by Crippen LogP contribution is -2.47. The minimum absolute atomic E-state index is 0.0606. The smallest absolute Gasteiger partial charge is 0.393 e. The Bertz CT molecular complexity index is 726. The summed E-state index contributed by atoms with van der Waals surface area (Å²) in [5, 5.41) is 24.0. The van der Waals surface area contributed by atoms with E-state index < -0.39 is 32.0 Å². The number of hydrogen-bond donors (Lipinski definition) is 5.